The predicted molar refractivity (Wildman–Crippen MR) is 97.8 cm³/mol. The summed E-state index contributed by atoms with van der Waals surface area (Å²) < 4.78 is 19.1. The maximum Gasteiger partial charge on any atom is 0.319 e. The summed E-state index contributed by atoms with van der Waals surface area (Å²) in [5, 5.41) is 2.17. The molecule has 0 bridgehead atoms. The van der Waals surface area contributed by atoms with Crippen molar-refractivity contribution < 1.29 is 18.7 Å². The van der Waals surface area contributed by atoms with Crippen LogP contribution in [0.4, 0.5) is 10.1 Å². The zero-order chi connectivity index (χ0) is 18.4. The second-order valence-electron chi connectivity index (χ2n) is 5.09. The van der Waals surface area contributed by atoms with Crippen molar-refractivity contribution in [2.24, 2.45) is 0 Å². The van der Waals surface area contributed by atoms with Crippen molar-refractivity contribution in [3.05, 3.63) is 58.9 Å². The fourth-order valence-corrected chi connectivity index (χ4v) is 3.18. The van der Waals surface area contributed by atoms with Gasteiger partial charge in [-0.05, 0) is 38.1 Å². The Hall–Kier alpha value is -2.05. The standard InChI is InChI=1S/C18H17ClFNO3S/c1-3-24-18(23)11(2)25-16-10-15(14(20)9-13(16)19)21-17(22)12-7-5-4-6-8-12/h4-11H,3H2,1-2H3,(H,21,22). The predicted octanol–water partition coefficient (Wildman–Crippen LogP) is 4.78. The van der Waals surface area contributed by atoms with Gasteiger partial charge < -0.3 is 10.1 Å². The number of rotatable bonds is 6. The first-order chi connectivity index (χ1) is 11.9. The fourth-order valence-electron chi connectivity index (χ4n) is 2.00. The molecule has 1 N–H and O–H groups in total. The molecule has 2 rings (SSSR count). The summed E-state index contributed by atoms with van der Waals surface area (Å²) in [6.45, 7) is 3.67. The SMILES string of the molecule is CCOC(=O)C(C)Sc1cc(NC(=O)c2ccccc2)c(F)cc1Cl. The van der Waals surface area contributed by atoms with E-state index < -0.39 is 17.0 Å². The van der Waals surface area contributed by atoms with Crippen LogP contribution in [0, 0.1) is 5.82 Å². The molecular formula is C18H17ClFNO3S. The Balaban J connectivity index is 2.19. The first-order valence-electron chi connectivity index (χ1n) is 7.61. The van der Waals surface area contributed by atoms with E-state index in [0.29, 0.717) is 10.5 Å². The van der Waals surface area contributed by atoms with Crippen LogP contribution in [0.1, 0.15) is 24.2 Å². The van der Waals surface area contributed by atoms with Crippen molar-refractivity contribution in [1.29, 1.82) is 0 Å². The number of hydrogen-bond donors (Lipinski definition) is 1. The van der Waals surface area contributed by atoms with Gasteiger partial charge in [0.15, 0.2) is 0 Å². The van der Waals surface area contributed by atoms with Gasteiger partial charge in [-0.15, -0.1) is 11.8 Å². The minimum absolute atomic E-state index is 0.00295. The number of ether oxygens (including phenoxy) is 1. The highest BCUT2D eigenvalue weighted by atomic mass is 35.5. The van der Waals surface area contributed by atoms with Gasteiger partial charge in [0.05, 0.1) is 17.3 Å². The smallest absolute Gasteiger partial charge is 0.319 e. The molecule has 0 saturated carbocycles. The Labute approximate surface area is 154 Å². The molecule has 132 valence electrons. The zero-order valence-corrected chi connectivity index (χ0v) is 15.3. The highest BCUT2D eigenvalue weighted by Gasteiger charge is 2.19. The quantitative estimate of drug-likeness (QED) is 0.578. The van der Waals surface area contributed by atoms with Crippen LogP contribution in [0.5, 0.6) is 0 Å². The first kappa shape index (κ1) is 19.3. The largest absolute Gasteiger partial charge is 0.465 e. The van der Waals surface area contributed by atoms with E-state index >= 15 is 0 Å². The summed E-state index contributed by atoms with van der Waals surface area (Å²) in [6.07, 6.45) is 0. The number of carbonyl (C=O) groups is 2. The highest BCUT2D eigenvalue weighted by molar-refractivity contribution is 8.00. The molecule has 0 aliphatic carbocycles. The molecule has 1 amide bonds. The molecule has 4 nitrogen and oxygen atoms in total. The highest BCUT2D eigenvalue weighted by Crippen LogP contribution is 2.34. The van der Waals surface area contributed by atoms with Gasteiger partial charge in [-0.2, -0.15) is 0 Å². The van der Waals surface area contributed by atoms with Gasteiger partial charge in [0, 0.05) is 10.5 Å². The Morgan fingerprint density at radius 2 is 1.96 bits per heavy atom. The number of esters is 1. The lowest BCUT2D eigenvalue weighted by Crippen LogP contribution is -2.17. The topological polar surface area (TPSA) is 55.4 Å². The van der Waals surface area contributed by atoms with Gasteiger partial charge >= 0.3 is 5.97 Å². The lowest BCUT2D eigenvalue weighted by molar-refractivity contribution is -0.142. The van der Waals surface area contributed by atoms with E-state index in [4.69, 9.17) is 16.3 Å². The van der Waals surface area contributed by atoms with Crippen LogP contribution < -0.4 is 5.32 Å². The lowest BCUT2D eigenvalue weighted by Gasteiger charge is -2.13. The van der Waals surface area contributed by atoms with Crippen molar-refractivity contribution in [2.45, 2.75) is 24.0 Å². The maximum atomic E-state index is 14.1. The molecule has 2 aromatic rings. The summed E-state index contributed by atoms with van der Waals surface area (Å²) in [7, 11) is 0. The second-order valence-corrected chi connectivity index (χ2v) is 6.88. The Morgan fingerprint density at radius 3 is 2.60 bits per heavy atom. The van der Waals surface area contributed by atoms with Crippen LogP contribution in [0.2, 0.25) is 5.02 Å². The maximum absolute atomic E-state index is 14.1. The molecular weight excluding hydrogens is 365 g/mol. The van der Waals surface area contributed by atoms with E-state index in [1.54, 1.807) is 44.2 Å². The Kier molecular flexibility index (Phi) is 6.84. The minimum Gasteiger partial charge on any atom is -0.465 e. The number of carbonyl (C=O) groups excluding carboxylic acids is 2. The normalized spacial score (nSPS) is 11.7. The van der Waals surface area contributed by atoms with Crippen LogP contribution in [0.25, 0.3) is 0 Å². The number of amides is 1. The van der Waals surface area contributed by atoms with E-state index in [2.05, 4.69) is 5.32 Å². The molecule has 25 heavy (non-hydrogen) atoms. The Bertz CT molecular complexity index is 770. The molecule has 0 aromatic heterocycles. The van der Waals surface area contributed by atoms with E-state index in [0.717, 1.165) is 17.8 Å². The number of nitrogens with one attached hydrogen (secondary N) is 1. The third-order valence-corrected chi connectivity index (χ3v) is 4.79. The first-order valence-corrected chi connectivity index (χ1v) is 8.86. The van der Waals surface area contributed by atoms with Crippen molar-refractivity contribution in [3.63, 3.8) is 0 Å². The molecule has 0 aliphatic heterocycles. The van der Waals surface area contributed by atoms with Gasteiger partial charge in [0.2, 0.25) is 0 Å². The number of benzene rings is 2. The number of halogens is 2. The molecule has 1 unspecified atom stereocenters. The summed E-state index contributed by atoms with van der Waals surface area (Å²) in [5.74, 6) is -1.47. The minimum atomic E-state index is -0.651. The molecule has 2 aromatic carbocycles. The van der Waals surface area contributed by atoms with Crippen LogP contribution in [0.3, 0.4) is 0 Å². The number of hydrogen-bond acceptors (Lipinski definition) is 4. The molecule has 0 spiro atoms. The van der Waals surface area contributed by atoms with Gasteiger partial charge in [-0.3, -0.25) is 9.59 Å². The molecule has 7 heteroatoms. The van der Waals surface area contributed by atoms with Crippen molar-refractivity contribution in [2.75, 3.05) is 11.9 Å². The van der Waals surface area contributed by atoms with Crippen LogP contribution in [0.15, 0.2) is 47.4 Å². The number of thioether (sulfide) groups is 1. The monoisotopic (exact) mass is 381 g/mol. The summed E-state index contributed by atoms with van der Waals surface area (Å²) in [5.41, 5.74) is 0.405. The average molecular weight is 382 g/mol. The third-order valence-electron chi connectivity index (χ3n) is 3.23. The van der Waals surface area contributed by atoms with Gasteiger partial charge in [-0.25, -0.2) is 4.39 Å². The second kappa shape index (κ2) is 8.87. The molecule has 0 heterocycles. The van der Waals surface area contributed by atoms with E-state index in [1.807, 2.05) is 0 Å². The van der Waals surface area contributed by atoms with Crippen LogP contribution in [-0.2, 0) is 9.53 Å². The van der Waals surface area contributed by atoms with Crippen LogP contribution >= 0.6 is 23.4 Å². The summed E-state index contributed by atoms with van der Waals surface area (Å²) >= 11 is 7.19. The van der Waals surface area contributed by atoms with E-state index in [-0.39, 0.29) is 23.3 Å². The van der Waals surface area contributed by atoms with E-state index in [1.165, 1.54) is 6.07 Å². The molecule has 0 radical (unpaired) electrons. The number of anilines is 1. The molecule has 0 fully saturated rings. The Morgan fingerprint density at radius 1 is 1.28 bits per heavy atom. The zero-order valence-electron chi connectivity index (χ0n) is 13.7. The van der Waals surface area contributed by atoms with Crippen LogP contribution in [-0.4, -0.2) is 23.7 Å². The lowest BCUT2D eigenvalue weighted by atomic mass is 10.2. The van der Waals surface area contributed by atoms with Gasteiger partial charge in [-0.1, -0.05) is 29.8 Å². The van der Waals surface area contributed by atoms with Gasteiger partial charge in [0.25, 0.3) is 5.91 Å². The molecule has 0 saturated heterocycles. The molecule has 0 aliphatic rings. The van der Waals surface area contributed by atoms with E-state index in [9.17, 15) is 14.0 Å². The molecule has 1 atom stereocenters. The fraction of sp³-hybridized carbons (Fsp3) is 0.222. The van der Waals surface area contributed by atoms with Crippen molar-refractivity contribution >= 4 is 40.9 Å². The summed E-state index contributed by atoms with van der Waals surface area (Å²) in [6, 6.07) is 11.0. The summed E-state index contributed by atoms with van der Waals surface area (Å²) in [4.78, 5) is 24.4. The van der Waals surface area contributed by atoms with Gasteiger partial charge in [0.1, 0.15) is 11.1 Å². The average Bonchev–Trinajstić information content (AvgIpc) is 2.59. The van der Waals surface area contributed by atoms with Crippen molar-refractivity contribution in [3.8, 4) is 0 Å². The third kappa shape index (κ3) is 5.21. The van der Waals surface area contributed by atoms with Crippen molar-refractivity contribution in [1.82, 2.24) is 0 Å².